The number of hydrogen-bond donors (Lipinski definition) is 0. The SMILES string of the molecule is COC1(OC)C2(Cl)C(Cl)=C(Cl)C1(Cl)C1C(=O)c3ccccc3C(=O)C12. The normalized spacial score (nSPS) is 38.2. The van der Waals surface area contributed by atoms with Crippen LogP contribution in [0.3, 0.4) is 0 Å². The first-order valence-corrected chi connectivity index (χ1v) is 8.97. The number of alkyl halides is 2. The second-order valence-electron chi connectivity index (χ2n) is 6.31. The fourth-order valence-electron chi connectivity index (χ4n) is 4.60. The van der Waals surface area contributed by atoms with Gasteiger partial charge in [-0.25, -0.2) is 0 Å². The molecule has 3 aliphatic carbocycles. The van der Waals surface area contributed by atoms with Gasteiger partial charge in [-0.3, -0.25) is 9.59 Å². The number of carbonyl (C=O) groups excluding carboxylic acids is 2. The van der Waals surface area contributed by atoms with E-state index in [9.17, 15) is 9.59 Å². The second kappa shape index (κ2) is 5.22. The molecular formula is C17H12Cl4O4. The topological polar surface area (TPSA) is 52.6 Å². The molecule has 0 heterocycles. The molecule has 8 heteroatoms. The number of ketones is 2. The van der Waals surface area contributed by atoms with Gasteiger partial charge >= 0.3 is 0 Å². The third-order valence-electron chi connectivity index (χ3n) is 5.58. The van der Waals surface area contributed by atoms with Gasteiger partial charge in [0.1, 0.15) is 9.75 Å². The number of methoxy groups -OCH3 is 2. The molecule has 1 aromatic carbocycles. The Hall–Kier alpha value is -0.620. The predicted molar refractivity (Wildman–Crippen MR) is 94.7 cm³/mol. The zero-order valence-corrected chi connectivity index (χ0v) is 16.1. The minimum atomic E-state index is -1.76. The molecule has 1 fully saturated rings. The van der Waals surface area contributed by atoms with Crippen molar-refractivity contribution in [2.24, 2.45) is 11.8 Å². The van der Waals surface area contributed by atoms with E-state index in [-0.39, 0.29) is 32.8 Å². The van der Waals surface area contributed by atoms with Crippen LogP contribution in [0.25, 0.3) is 0 Å². The quantitative estimate of drug-likeness (QED) is 0.535. The van der Waals surface area contributed by atoms with E-state index in [0.29, 0.717) is 0 Å². The van der Waals surface area contributed by atoms with Crippen molar-refractivity contribution in [3.05, 3.63) is 45.5 Å². The van der Waals surface area contributed by atoms with Crippen LogP contribution < -0.4 is 0 Å². The first-order valence-electron chi connectivity index (χ1n) is 7.45. The van der Waals surface area contributed by atoms with E-state index >= 15 is 0 Å². The number of hydrogen-bond acceptors (Lipinski definition) is 4. The lowest BCUT2D eigenvalue weighted by Crippen LogP contribution is -2.58. The zero-order chi connectivity index (χ0) is 18.4. The molecule has 0 spiro atoms. The van der Waals surface area contributed by atoms with Crippen LogP contribution in [-0.2, 0) is 9.47 Å². The van der Waals surface area contributed by atoms with Crippen LogP contribution in [0.5, 0.6) is 0 Å². The summed E-state index contributed by atoms with van der Waals surface area (Å²) in [6, 6.07) is 6.53. The Kier molecular flexibility index (Phi) is 3.71. The maximum atomic E-state index is 13.2. The van der Waals surface area contributed by atoms with E-state index in [0.717, 1.165) is 0 Å². The van der Waals surface area contributed by atoms with Crippen LogP contribution in [0.2, 0.25) is 0 Å². The maximum absolute atomic E-state index is 13.2. The van der Waals surface area contributed by atoms with Gasteiger partial charge in [0.05, 0.1) is 21.9 Å². The Morgan fingerprint density at radius 3 is 1.52 bits per heavy atom. The average Bonchev–Trinajstić information content (AvgIpc) is 2.88. The summed E-state index contributed by atoms with van der Waals surface area (Å²) in [5.74, 6) is -4.54. The Morgan fingerprint density at radius 2 is 1.20 bits per heavy atom. The second-order valence-corrected chi connectivity index (χ2v) is 8.25. The van der Waals surface area contributed by atoms with Gasteiger partial charge in [-0.15, -0.1) is 23.2 Å². The summed E-state index contributed by atoms with van der Waals surface area (Å²) in [5.41, 5.74) is 0.562. The molecule has 1 saturated carbocycles. The monoisotopic (exact) mass is 420 g/mol. The molecule has 2 bridgehead atoms. The van der Waals surface area contributed by atoms with Crippen molar-refractivity contribution < 1.29 is 19.1 Å². The Labute approximate surface area is 164 Å². The van der Waals surface area contributed by atoms with Crippen LogP contribution in [0.4, 0.5) is 0 Å². The van der Waals surface area contributed by atoms with Gasteiger partial charge < -0.3 is 9.47 Å². The number of Topliss-reactive ketones (excluding diaryl/α,β-unsaturated/α-hetero) is 2. The summed E-state index contributed by atoms with van der Waals surface area (Å²) in [6.07, 6.45) is 0. The smallest absolute Gasteiger partial charge is 0.218 e. The summed E-state index contributed by atoms with van der Waals surface area (Å²) in [5, 5.41) is -0.0624. The Balaban J connectivity index is 2.09. The van der Waals surface area contributed by atoms with Gasteiger partial charge in [-0.1, -0.05) is 47.5 Å². The largest absolute Gasteiger partial charge is 0.350 e. The minimum absolute atomic E-state index is 0.0312. The van der Waals surface area contributed by atoms with E-state index in [1.165, 1.54) is 14.2 Å². The molecule has 0 amide bonds. The highest BCUT2D eigenvalue weighted by molar-refractivity contribution is 6.54. The van der Waals surface area contributed by atoms with Gasteiger partial charge in [0.25, 0.3) is 0 Å². The summed E-state index contributed by atoms with van der Waals surface area (Å²) in [6.45, 7) is 0. The number of rotatable bonds is 2. The molecule has 4 rings (SSSR count). The summed E-state index contributed by atoms with van der Waals surface area (Å²) < 4.78 is 11.1. The highest BCUT2D eigenvalue weighted by Crippen LogP contribution is 2.75. The molecule has 25 heavy (non-hydrogen) atoms. The standard InChI is InChI=1S/C17H12Cl4O4/c1-24-17(25-2)15(20)9-10(16(17,21)14(19)13(15)18)12(23)8-6-4-3-5-7(8)11(9)22/h3-6,9-10H,1-2H3. The van der Waals surface area contributed by atoms with Crippen molar-refractivity contribution in [2.45, 2.75) is 15.5 Å². The highest BCUT2D eigenvalue weighted by atomic mass is 35.5. The summed E-state index contributed by atoms with van der Waals surface area (Å²) >= 11 is 26.5. The molecule has 0 radical (unpaired) electrons. The molecule has 4 atom stereocenters. The molecule has 0 saturated heterocycles. The van der Waals surface area contributed by atoms with E-state index < -0.39 is 27.4 Å². The lowest BCUT2D eigenvalue weighted by atomic mass is 9.69. The fourth-order valence-corrected chi connectivity index (χ4v) is 6.78. The summed E-state index contributed by atoms with van der Waals surface area (Å²) in [4.78, 5) is 23.0. The Bertz CT molecular complexity index is 797. The number of benzene rings is 1. The first kappa shape index (κ1) is 17.8. The molecule has 132 valence electrons. The molecule has 4 nitrogen and oxygen atoms in total. The van der Waals surface area contributed by atoms with Crippen LogP contribution in [0, 0.1) is 11.8 Å². The number of carbonyl (C=O) groups is 2. The highest BCUT2D eigenvalue weighted by Gasteiger charge is 2.87. The summed E-state index contributed by atoms with van der Waals surface area (Å²) in [7, 11) is 2.66. The lowest BCUT2D eigenvalue weighted by molar-refractivity contribution is -0.219. The number of ether oxygens (including phenoxy) is 2. The van der Waals surface area contributed by atoms with Crippen molar-refractivity contribution in [1.29, 1.82) is 0 Å². The van der Waals surface area contributed by atoms with Crippen molar-refractivity contribution in [2.75, 3.05) is 14.2 Å². The lowest BCUT2D eigenvalue weighted by Gasteiger charge is -2.40. The van der Waals surface area contributed by atoms with Crippen molar-refractivity contribution in [3.8, 4) is 0 Å². The molecule has 4 unspecified atom stereocenters. The van der Waals surface area contributed by atoms with E-state index in [1.807, 2.05) is 0 Å². The number of halogens is 4. The molecule has 0 aliphatic heterocycles. The van der Waals surface area contributed by atoms with Gasteiger partial charge in [-0.2, -0.15) is 0 Å². The zero-order valence-electron chi connectivity index (χ0n) is 13.1. The Morgan fingerprint density at radius 1 is 0.840 bits per heavy atom. The van der Waals surface area contributed by atoms with Gasteiger partial charge in [-0.05, 0) is 0 Å². The maximum Gasteiger partial charge on any atom is 0.218 e. The van der Waals surface area contributed by atoms with Crippen LogP contribution in [-0.4, -0.2) is 41.3 Å². The third-order valence-corrected chi connectivity index (χ3v) is 8.19. The minimum Gasteiger partial charge on any atom is -0.350 e. The predicted octanol–water partition coefficient (Wildman–Crippen LogP) is 3.96. The van der Waals surface area contributed by atoms with Crippen molar-refractivity contribution in [1.82, 2.24) is 0 Å². The third kappa shape index (κ3) is 1.57. The van der Waals surface area contributed by atoms with Gasteiger partial charge in [0.2, 0.25) is 5.79 Å². The van der Waals surface area contributed by atoms with Gasteiger partial charge in [0, 0.05) is 25.3 Å². The first-order chi connectivity index (χ1) is 11.7. The van der Waals surface area contributed by atoms with E-state index in [1.54, 1.807) is 24.3 Å². The average molecular weight is 422 g/mol. The molecule has 0 N–H and O–H groups in total. The van der Waals surface area contributed by atoms with E-state index in [4.69, 9.17) is 55.9 Å². The van der Waals surface area contributed by atoms with Gasteiger partial charge in [0.15, 0.2) is 11.6 Å². The van der Waals surface area contributed by atoms with Crippen molar-refractivity contribution >= 4 is 58.0 Å². The molecular weight excluding hydrogens is 410 g/mol. The molecule has 3 aliphatic rings. The molecule has 1 aromatic rings. The molecule has 0 aromatic heterocycles. The van der Waals surface area contributed by atoms with Crippen LogP contribution in [0.15, 0.2) is 34.3 Å². The fraction of sp³-hybridized carbons (Fsp3) is 0.412. The van der Waals surface area contributed by atoms with Crippen molar-refractivity contribution in [3.63, 3.8) is 0 Å². The van der Waals surface area contributed by atoms with Crippen LogP contribution >= 0.6 is 46.4 Å². The van der Waals surface area contributed by atoms with E-state index in [2.05, 4.69) is 0 Å². The number of fused-ring (bicyclic) bond motifs is 6. The van der Waals surface area contributed by atoms with Crippen LogP contribution in [0.1, 0.15) is 20.7 Å².